The van der Waals surface area contributed by atoms with Crippen LogP contribution in [0.2, 0.25) is 0 Å². The molecule has 0 spiro atoms. The molecule has 1 heterocycles. The van der Waals surface area contributed by atoms with Crippen molar-refractivity contribution in [1.29, 1.82) is 0 Å². The van der Waals surface area contributed by atoms with Gasteiger partial charge in [-0.1, -0.05) is 0 Å². The first-order chi connectivity index (χ1) is 6.74. The second-order valence-electron chi connectivity index (χ2n) is 4.05. The molecule has 3 heteroatoms. The molecule has 1 saturated heterocycles. The van der Waals surface area contributed by atoms with Gasteiger partial charge in [-0.15, -0.1) is 11.6 Å². The summed E-state index contributed by atoms with van der Waals surface area (Å²) in [5.41, 5.74) is 0. The van der Waals surface area contributed by atoms with E-state index in [2.05, 4.69) is 11.8 Å². The van der Waals surface area contributed by atoms with Crippen molar-refractivity contribution < 1.29 is 4.74 Å². The minimum Gasteiger partial charge on any atom is -0.380 e. The predicted molar refractivity (Wildman–Crippen MR) is 61.0 cm³/mol. The van der Waals surface area contributed by atoms with Gasteiger partial charge in [0.1, 0.15) is 0 Å². The number of halogens is 1. The number of hydrogen-bond acceptors (Lipinski definition) is 2. The Labute approximate surface area is 92.6 Å². The summed E-state index contributed by atoms with van der Waals surface area (Å²) in [5, 5.41) is 0.337. The van der Waals surface area contributed by atoms with Crippen molar-refractivity contribution in [3.63, 3.8) is 0 Å². The number of piperidine rings is 1. The topological polar surface area (TPSA) is 12.5 Å². The summed E-state index contributed by atoms with van der Waals surface area (Å²) in [5.74, 6) is 0.722. The number of ether oxygens (including phenoxy) is 1. The van der Waals surface area contributed by atoms with Crippen molar-refractivity contribution in [1.82, 2.24) is 4.90 Å². The van der Waals surface area contributed by atoms with Gasteiger partial charge < -0.3 is 9.64 Å². The maximum atomic E-state index is 6.09. The third-order valence-corrected chi connectivity index (χ3v) is 3.39. The molecule has 0 saturated carbocycles. The van der Waals surface area contributed by atoms with Crippen molar-refractivity contribution in [2.24, 2.45) is 5.92 Å². The Bertz CT molecular complexity index is 144. The van der Waals surface area contributed by atoms with Crippen LogP contribution in [0.5, 0.6) is 0 Å². The van der Waals surface area contributed by atoms with Crippen LogP contribution in [-0.4, -0.2) is 43.1 Å². The molecule has 84 valence electrons. The van der Waals surface area contributed by atoms with E-state index in [0.717, 1.165) is 25.7 Å². The van der Waals surface area contributed by atoms with E-state index < -0.39 is 0 Å². The largest absolute Gasteiger partial charge is 0.380 e. The number of alkyl halides is 1. The van der Waals surface area contributed by atoms with Gasteiger partial charge in [0, 0.05) is 18.5 Å². The maximum absolute atomic E-state index is 6.09. The highest BCUT2D eigenvalue weighted by Gasteiger charge is 2.21. The lowest BCUT2D eigenvalue weighted by Gasteiger charge is -2.32. The lowest BCUT2D eigenvalue weighted by molar-refractivity contribution is 0.0957. The van der Waals surface area contributed by atoms with Crippen molar-refractivity contribution in [2.75, 3.05) is 32.8 Å². The van der Waals surface area contributed by atoms with Crippen LogP contribution < -0.4 is 0 Å². The third-order valence-electron chi connectivity index (χ3n) is 3.04. The number of likely N-dealkylation sites (tertiary alicyclic amines) is 1. The van der Waals surface area contributed by atoms with E-state index in [1.54, 1.807) is 0 Å². The van der Waals surface area contributed by atoms with Crippen LogP contribution in [0, 0.1) is 5.92 Å². The lowest BCUT2D eigenvalue weighted by Crippen LogP contribution is -2.37. The van der Waals surface area contributed by atoms with Gasteiger partial charge in [0.25, 0.3) is 0 Å². The highest BCUT2D eigenvalue weighted by atomic mass is 35.5. The quantitative estimate of drug-likeness (QED) is 0.520. The minimum atomic E-state index is 0.337. The molecule has 0 aromatic carbocycles. The summed E-state index contributed by atoms with van der Waals surface area (Å²) in [6.45, 7) is 9.32. The fourth-order valence-corrected chi connectivity index (χ4v) is 2.23. The molecule has 1 atom stereocenters. The Kier molecular flexibility index (Phi) is 5.83. The highest BCUT2D eigenvalue weighted by molar-refractivity contribution is 6.20. The maximum Gasteiger partial charge on any atom is 0.0593 e. The average molecular weight is 220 g/mol. The zero-order valence-corrected chi connectivity index (χ0v) is 10.1. The molecule has 0 aliphatic carbocycles. The average Bonchev–Trinajstić information content (AvgIpc) is 2.19. The molecular weight excluding hydrogens is 198 g/mol. The van der Waals surface area contributed by atoms with E-state index in [1.165, 1.54) is 25.9 Å². The van der Waals surface area contributed by atoms with Crippen LogP contribution in [0.1, 0.15) is 26.7 Å². The van der Waals surface area contributed by atoms with Gasteiger partial charge in [-0.25, -0.2) is 0 Å². The van der Waals surface area contributed by atoms with Gasteiger partial charge in [-0.05, 0) is 45.7 Å². The van der Waals surface area contributed by atoms with Gasteiger partial charge in [0.2, 0.25) is 0 Å². The van der Waals surface area contributed by atoms with Crippen LogP contribution >= 0.6 is 11.6 Å². The summed E-state index contributed by atoms with van der Waals surface area (Å²) in [6, 6.07) is 0. The summed E-state index contributed by atoms with van der Waals surface area (Å²) < 4.78 is 5.34. The molecule has 0 aromatic heterocycles. The molecular formula is C11H22ClNO. The second-order valence-corrected chi connectivity index (χ2v) is 4.74. The highest BCUT2D eigenvalue weighted by Crippen LogP contribution is 2.23. The molecule has 0 aromatic rings. The van der Waals surface area contributed by atoms with Gasteiger partial charge in [-0.2, -0.15) is 0 Å². The molecule has 1 unspecified atom stereocenters. The first kappa shape index (κ1) is 12.3. The fourth-order valence-electron chi connectivity index (χ4n) is 1.97. The standard InChI is InChI=1S/C11H22ClNO/c1-3-14-9-8-13-6-4-11(5-7-13)10(2)12/h10-11H,3-9H2,1-2H3. The molecule has 0 N–H and O–H groups in total. The first-order valence-corrected chi connectivity index (χ1v) is 6.11. The Morgan fingerprint density at radius 3 is 2.57 bits per heavy atom. The van der Waals surface area contributed by atoms with Crippen molar-refractivity contribution in [2.45, 2.75) is 32.1 Å². The number of hydrogen-bond donors (Lipinski definition) is 0. The van der Waals surface area contributed by atoms with Gasteiger partial charge >= 0.3 is 0 Å². The van der Waals surface area contributed by atoms with Crippen LogP contribution in [0.25, 0.3) is 0 Å². The van der Waals surface area contributed by atoms with E-state index in [0.29, 0.717) is 5.38 Å². The molecule has 1 fully saturated rings. The van der Waals surface area contributed by atoms with E-state index in [1.807, 2.05) is 6.92 Å². The smallest absolute Gasteiger partial charge is 0.0593 e. The molecule has 0 bridgehead atoms. The van der Waals surface area contributed by atoms with Gasteiger partial charge in [-0.3, -0.25) is 0 Å². The number of nitrogens with zero attached hydrogens (tertiary/aromatic N) is 1. The molecule has 1 aliphatic rings. The molecule has 0 radical (unpaired) electrons. The lowest BCUT2D eigenvalue weighted by atomic mass is 9.94. The van der Waals surface area contributed by atoms with Crippen molar-refractivity contribution in [3.05, 3.63) is 0 Å². The van der Waals surface area contributed by atoms with E-state index >= 15 is 0 Å². The van der Waals surface area contributed by atoms with Crippen LogP contribution in [0.3, 0.4) is 0 Å². The van der Waals surface area contributed by atoms with Crippen LogP contribution in [-0.2, 0) is 4.74 Å². The molecule has 2 nitrogen and oxygen atoms in total. The Hall–Kier alpha value is 0.210. The van der Waals surface area contributed by atoms with E-state index in [4.69, 9.17) is 16.3 Å². The van der Waals surface area contributed by atoms with Gasteiger partial charge in [0.05, 0.1) is 6.61 Å². The summed E-state index contributed by atoms with van der Waals surface area (Å²) in [4.78, 5) is 2.48. The Morgan fingerprint density at radius 2 is 2.07 bits per heavy atom. The fraction of sp³-hybridized carbons (Fsp3) is 1.00. The molecule has 1 aliphatic heterocycles. The van der Waals surface area contributed by atoms with E-state index in [9.17, 15) is 0 Å². The summed E-state index contributed by atoms with van der Waals surface area (Å²) in [7, 11) is 0. The minimum absolute atomic E-state index is 0.337. The Morgan fingerprint density at radius 1 is 1.43 bits per heavy atom. The van der Waals surface area contributed by atoms with Crippen molar-refractivity contribution >= 4 is 11.6 Å². The van der Waals surface area contributed by atoms with Crippen LogP contribution in [0.4, 0.5) is 0 Å². The van der Waals surface area contributed by atoms with Gasteiger partial charge in [0.15, 0.2) is 0 Å². The second kappa shape index (κ2) is 6.65. The molecule has 0 amide bonds. The first-order valence-electron chi connectivity index (χ1n) is 5.68. The SMILES string of the molecule is CCOCCN1CCC(C(C)Cl)CC1. The zero-order valence-electron chi connectivity index (χ0n) is 9.34. The normalized spacial score (nSPS) is 22.5. The monoisotopic (exact) mass is 219 g/mol. The van der Waals surface area contributed by atoms with E-state index in [-0.39, 0.29) is 0 Å². The molecule has 14 heavy (non-hydrogen) atoms. The summed E-state index contributed by atoms with van der Waals surface area (Å²) in [6.07, 6.45) is 2.49. The summed E-state index contributed by atoms with van der Waals surface area (Å²) >= 11 is 6.09. The van der Waals surface area contributed by atoms with Crippen LogP contribution in [0.15, 0.2) is 0 Å². The molecule has 1 rings (SSSR count). The Balaban J connectivity index is 2.09. The van der Waals surface area contributed by atoms with Crippen molar-refractivity contribution in [3.8, 4) is 0 Å². The third kappa shape index (κ3) is 4.16. The number of rotatable bonds is 5. The zero-order chi connectivity index (χ0) is 10.4. The predicted octanol–water partition coefficient (Wildman–Crippen LogP) is 2.36.